The Bertz CT molecular complexity index is 269. The first-order valence-electron chi connectivity index (χ1n) is 2.65. The van der Waals surface area contributed by atoms with Crippen LogP contribution in [0.25, 0.3) is 6.20 Å². The molecule has 1 heterocycles. The van der Waals surface area contributed by atoms with Crippen molar-refractivity contribution in [3.8, 4) is 0 Å². The summed E-state index contributed by atoms with van der Waals surface area (Å²) in [7, 11) is 0. The molecular weight excluding hydrogens is 116 g/mol. The number of nitrogens with zero attached hydrogens (tertiary/aromatic N) is 1. The zero-order valence-corrected chi connectivity index (χ0v) is 5.22. The summed E-state index contributed by atoms with van der Waals surface area (Å²) in [5, 5.41) is 0. The van der Waals surface area contributed by atoms with Crippen LogP contribution in [0.3, 0.4) is 0 Å². The van der Waals surface area contributed by atoms with Gasteiger partial charge in [-0.15, -0.1) is 0 Å². The molecule has 1 N–H and O–H groups in total. The summed E-state index contributed by atoms with van der Waals surface area (Å²) in [6.07, 6.45) is 3.12. The minimum absolute atomic E-state index is 0.137. The lowest BCUT2D eigenvalue weighted by molar-refractivity contribution is 1.01. The number of nitrogens with one attached hydrogen (secondary N) is 1. The van der Waals surface area contributed by atoms with Crippen LogP contribution < -0.4 is 5.69 Å². The topological polar surface area (TPSA) is 37.8 Å². The molecule has 0 aromatic carbocycles. The van der Waals surface area contributed by atoms with Crippen molar-refractivity contribution in [2.24, 2.45) is 0 Å². The first-order chi connectivity index (χ1) is 4.25. The predicted octanol–water partition coefficient (Wildman–Crippen LogP) is 0.585. The van der Waals surface area contributed by atoms with Crippen molar-refractivity contribution in [3.05, 3.63) is 29.0 Å². The molecule has 0 bridgehead atoms. The number of aromatic nitrogens is 2. The van der Waals surface area contributed by atoms with Gasteiger partial charge < -0.3 is 4.98 Å². The third-order valence-electron chi connectivity index (χ3n) is 1.19. The number of H-pyrrole nitrogens is 1. The minimum atomic E-state index is -0.137. The summed E-state index contributed by atoms with van der Waals surface area (Å²) in [6.45, 7) is 5.30. The molecule has 3 heteroatoms. The van der Waals surface area contributed by atoms with Crippen LogP contribution in [-0.2, 0) is 0 Å². The zero-order valence-electron chi connectivity index (χ0n) is 5.22. The Balaban J connectivity index is 3.40. The molecule has 0 radical (unpaired) electrons. The molecule has 0 aliphatic heterocycles. The van der Waals surface area contributed by atoms with E-state index in [2.05, 4.69) is 11.6 Å². The van der Waals surface area contributed by atoms with Crippen LogP contribution >= 0.6 is 0 Å². The van der Waals surface area contributed by atoms with E-state index in [4.69, 9.17) is 0 Å². The van der Waals surface area contributed by atoms with Crippen molar-refractivity contribution in [2.75, 3.05) is 0 Å². The van der Waals surface area contributed by atoms with Gasteiger partial charge in [-0.2, -0.15) is 0 Å². The fraction of sp³-hybridized carbons (Fsp3) is 0.167. The van der Waals surface area contributed by atoms with E-state index in [-0.39, 0.29) is 5.69 Å². The summed E-state index contributed by atoms with van der Waals surface area (Å²) in [5.74, 6) is 0. The molecule has 0 amide bonds. The van der Waals surface area contributed by atoms with Crippen molar-refractivity contribution >= 4 is 6.20 Å². The monoisotopic (exact) mass is 124 g/mol. The van der Waals surface area contributed by atoms with Gasteiger partial charge in [0.1, 0.15) is 0 Å². The van der Waals surface area contributed by atoms with Gasteiger partial charge >= 0.3 is 5.69 Å². The van der Waals surface area contributed by atoms with Crippen LogP contribution in [0.4, 0.5) is 0 Å². The molecule has 0 atom stereocenters. The van der Waals surface area contributed by atoms with Gasteiger partial charge in [0.15, 0.2) is 0 Å². The van der Waals surface area contributed by atoms with Crippen LogP contribution in [0.1, 0.15) is 5.69 Å². The largest absolute Gasteiger partial charge is 0.329 e. The second kappa shape index (κ2) is 1.93. The number of hydrogen-bond donors (Lipinski definition) is 1. The second-order valence-corrected chi connectivity index (χ2v) is 1.79. The Morgan fingerprint density at radius 1 is 1.89 bits per heavy atom. The summed E-state index contributed by atoms with van der Waals surface area (Å²) >= 11 is 0. The third-order valence-corrected chi connectivity index (χ3v) is 1.19. The number of hydrogen-bond acceptors (Lipinski definition) is 1. The maximum atomic E-state index is 10.7. The molecule has 0 fully saturated rings. The van der Waals surface area contributed by atoms with Gasteiger partial charge in [-0.25, -0.2) is 4.79 Å². The Labute approximate surface area is 52.6 Å². The molecule has 9 heavy (non-hydrogen) atoms. The van der Waals surface area contributed by atoms with Crippen LogP contribution in [0.2, 0.25) is 0 Å². The normalized spacial score (nSPS) is 9.44. The van der Waals surface area contributed by atoms with Gasteiger partial charge in [0, 0.05) is 18.1 Å². The molecule has 0 saturated carbocycles. The van der Waals surface area contributed by atoms with E-state index in [1.807, 2.05) is 6.92 Å². The maximum absolute atomic E-state index is 10.7. The van der Waals surface area contributed by atoms with Crippen LogP contribution in [0, 0.1) is 6.92 Å². The number of imidazole rings is 1. The molecule has 48 valence electrons. The average molecular weight is 124 g/mol. The van der Waals surface area contributed by atoms with Gasteiger partial charge in [0.25, 0.3) is 0 Å². The number of aryl methyl sites for hydroxylation is 1. The zero-order chi connectivity index (χ0) is 6.85. The molecular formula is C6H8N2O. The first-order valence-corrected chi connectivity index (χ1v) is 2.65. The van der Waals surface area contributed by atoms with Gasteiger partial charge in [-0.1, -0.05) is 6.58 Å². The maximum Gasteiger partial charge on any atom is 0.329 e. The van der Waals surface area contributed by atoms with Crippen molar-refractivity contribution < 1.29 is 0 Å². The molecule has 1 rings (SSSR count). The third kappa shape index (κ3) is 0.806. The highest BCUT2D eigenvalue weighted by Gasteiger charge is 1.93. The molecule has 0 aliphatic rings. The van der Waals surface area contributed by atoms with Crippen LogP contribution in [0.5, 0.6) is 0 Å². The quantitative estimate of drug-likeness (QED) is 0.584. The van der Waals surface area contributed by atoms with Crippen LogP contribution in [0.15, 0.2) is 17.6 Å². The highest BCUT2D eigenvalue weighted by molar-refractivity contribution is 5.19. The van der Waals surface area contributed by atoms with E-state index in [0.717, 1.165) is 5.69 Å². The molecule has 0 unspecified atom stereocenters. The van der Waals surface area contributed by atoms with E-state index in [1.54, 1.807) is 6.20 Å². The molecule has 0 spiro atoms. The van der Waals surface area contributed by atoms with Gasteiger partial charge in [0.05, 0.1) is 0 Å². The minimum Gasteiger partial charge on any atom is -0.312 e. The van der Waals surface area contributed by atoms with Crippen molar-refractivity contribution in [1.82, 2.24) is 9.55 Å². The summed E-state index contributed by atoms with van der Waals surface area (Å²) in [5.41, 5.74) is 0.734. The standard InChI is InChI=1S/C6H8N2O/c1-3-8-5(2)4-7-6(8)9/h3-4H,1H2,2H3,(H,7,9). The van der Waals surface area contributed by atoms with E-state index >= 15 is 0 Å². The number of rotatable bonds is 1. The summed E-state index contributed by atoms with van der Waals surface area (Å²) in [4.78, 5) is 13.2. The van der Waals surface area contributed by atoms with Crippen molar-refractivity contribution in [3.63, 3.8) is 0 Å². The van der Waals surface area contributed by atoms with E-state index in [1.165, 1.54) is 10.8 Å². The smallest absolute Gasteiger partial charge is 0.312 e. The fourth-order valence-corrected chi connectivity index (χ4v) is 0.692. The second-order valence-electron chi connectivity index (χ2n) is 1.79. The van der Waals surface area contributed by atoms with Crippen LogP contribution in [-0.4, -0.2) is 9.55 Å². The Kier molecular flexibility index (Phi) is 1.26. The highest BCUT2D eigenvalue weighted by Crippen LogP contribution is 1.88. The molecule has 0 aliphatic carbocycles. The number of aromatic amines is 1. The van der Waals surface area contributed by atoms with Crippen molar-refractivity contribution in [1.29, 1.82) is 0 Å². The summed E-state index contributed by atoms with van der Waals surface area (Å²) < 4.78 is 1.44. The van der Waals surface area contributed by atoms with E-state index in [9.17, 15) is 4.79 Å². The SMILES string of the molecule is C=Cn1c(C)c[nH]c1=O. The Morgan fingerprint density at radius 3 is 2.78 bits per heavy atom. The lowest BCUT2D eigenvalue weighted by atomic mass is 10.5. The molecule has 1 aromatic rings. The van der Waals surface area contributed by atoms with Gasteiger partial charge in [-0.05, 0) is 6.92 Å². The predicted molar refractivity (Wildman–Crippen MR) is 36.2 cm³/mol. The molecule has 1 aromatic heterocycles. The first kappa shape index (κ1) is 5.88. The molecule has 3 nitrogen and oxygen atoms in total. The van der Waals surface area contributed by atoms with Gasteiger partial charge in [-0.3, -0.25) is 4.57 Å². The Hall–Kier alpha value is -1.25. The highest BCUT2D eigenvalue weighted by atomic mass is 16.1. The Morgan fingerprint density at radius 2 is 2.56 bits per heavy atom. The van der Waals surface area contributed by atoms with Crippen molar-refractivity contribution in [2.45, 2.75) is 6.92 Å². The fourth-order valence-electron chi connectivity index (χ4n) is 0.692. The lowest BCUT2D eigenvalue weighted by Gasteiger charge is -1.89. The molecule has 0 saturated heterocycles. The van der Waals surface area contributed by atoms with Gasteiger partial charge in [0.2, 0.25) is 0 Å². The van der Waals surface area contributed by atoms with E-state index < -0.39 is 0 Å². The average Bonchev–Trinajstić information content (AvgIpc) is 2.12. The lowest BCUT2D eigenvalue weighted by Crippen LogP contribution is -2.11. The summed E-state index contributed by atoms with van der Waals surface area (Å²) in [6, 6.07) is 0. The van der Waals surface area contributed by atoms with E-state index in [0.29, 0.717) is 0 Å².